The highest BCUT2D eigenvalue weighted by Crippen LogP contribution is 2.28. The Morgan fingerprint density at radius 2 is 2.00 bits per heavy atom. The van der Waals surface area contributed by atoms with Gasteiger partial charge in [0.1, 0.15) is 0 Å². The summed E-state index contributed by atoms with van der Waals surface area (Å²) in [5.74, 6) is 0. The predicted octanol–water partition coefficient (Wildman–Crippen LogP) is 4.32. The zero-order valence-electron chi connectivity index (χ0n) is 9.88. The Morgan fingerprint density at radius 3 is 2.65 bits per heavy atom. The lowest BCUT2D eigenvalue weighted by atomic mass is 10.1. The van der Waals surface area contributed by atoms with Crippen LogP contribution in [-0.2, 0) is 6.54 Å². The summed E-state index contributed by atoms with van der Waals surface area (Å²) in [5.41, 5.74) is 11.5. The molecule has 1 aromatic heterocycles. The molecule has 0 fully saturated rings. The summed E-state index contributed by atoms with van der Waals surface area (Å²) >= 11 is 5.26. The van der Waals surface area contributed by atoms with Gasteiger partial charge in [-0.05, 0) is 69.4 Å². The zero-order chi connectivity index (χ0) is 12.4. The lowest BCUT2D eigenvalue weighted by Crippen LogP contribution is -2.01. The number of anilines is 2. The molecular weight excluding hydrogens is 296 g/mol. The van der Waals surface area contributed by atoms with Crippen LogP contribution in [0.5, 0.6) is 0 Å². The van der Waals surface area contributed by atoms with E-state index in [2.05, 4.69) is 45.0 Å². The van der Waals surface area contributed by atoms with Crippen molar-refractivity contribution in [3.63, 3.8) is 0 Å². The first-order valence-electron chi connectivity index (χ1n) is 5.39. The van der Waals surface area contributed by atoms with Gasteiger partial charge in [-0.15, -0.1) is 0 Å². The van der Waals surface area contributed by atoms with Crippen molar-refractivity contribution < 1.29 is 0 Å². The Balaban J connectivity index is 2.14. The molecule has 0 spiro atoms. The number of rotatable bonds is 3. The molecule has 90 valence electrons. The van der Waals surface area contributed by atoms with Crippen molar-refractivity contribution in [1.82, 2.24) is 0 Å². The molecule has 0 radical (unpaired) electrons. The van der Waals surface area contributed by atoms with E-state index in [0.29, 0.717) is 0 Å². The van der Waals surface area contributed by atoms with Gasteiger partial charge in [0.2, 0.25) is 0 Å². The molecule has 1 heterocycles. The second kappa shape index (κ2) is 5.10. The molecule has 0 aliphatic heterocycles. The summed E-state index contributed by atoms with van der Waals surface area (Å²) in [6.07, 6.45) is 0. The number of halogens is 1. The van der Waals surface area contributed by atoms with Crippen LogP contribution in [0.1, 0.15) is 16.7 Å². The average molecular weight is 311 g/mol. The largest absolute Gasteiger partial charge is 0.398 e. The predicted molar refractivity (Wildman–Crippen MR) is 79.7 cm³/mol. The molecule has 0 saturated heterocycles. The van der Waals surface area contributed by atoms with Gasteiger partial charge in [0.15, 0.2) is 0 Å². The Hall–Kier alpha value is -1.00. The normalized spacial score (nSPS) is 10.5. The van der Waals surface area contributed by atoms with E-state index in [9.17, 15) is 0 Å². The molecule has 2 rings (SSSR count). The first kappa shape index (κ1) is 12.5. The van der Waals surface area contributed by atoms with Gasteiger partial charge in [-0.25, -0.2) is 0 Å². The molecule has 1 aromatic carbocycles. The fraction of sp³-hybridized carbons (Fsp3) is 0.231. The fourth-order valence-electron chi connectivity index (χ4n) is 1.59. The van der Waals surface area contributed by atoms with Gasteiger partial charge < -0.3 is 11.1 Å². The van der Waals surface area contributed by atoms with Crippen molar-refractivity contribution in [2.24, 2.45) is 0 Å². The molecule has 0 bridgehead atoms. The minimum absolute atomic E-state index is 0.814. The fourth-order valence-corrected chi connectivity index (χ4v) is 2.95. The number of nitrogens with two attached hydrogens (primary N) is 1. The van der Waals surface area contributed by atoms with Gasteiger partial charge >= 0.3 is 0 Å². The standard InChI is InChI=1S/C13H15BrN2S/c1-8-3-13(11(14)4-12(8)15)16-5-10-7-17-6-9(10)2/h3-4,6-7,16H,5,15H2,1-2H3. The van der Waals surface area contributed by atoms with Crippen LogP contribution >= 0.6 is 27.3 Å². The maximum absolute atomic E-state index is 5.85. The molecule has 0 unspecified atom stereocenters. The Morgan fingerprint density at radius 1 is 1.24 bits per heavy atom. The minimum atomic E-state index is 0.814. The van der Waals surface area contributed by atoms with E-state index in [4.69, 9.17) is 5.73 Å². The lowest BCUT2D eigenvalue weighted by molar-refractivity contribution is 1.13. The Bertz CT molecular complexity index is 534. The maximum atomic E-state index is 5.85. The molecule has 2 aromatic rings. The van der Waals surface area contributed by atoms with Crippen molar-refractivity contribution in [2.45, 2.75) is 20.4 Å². The van der Waals surface area contributed by atoms with Gasteiger partial charge in [-0.1, -0.05) is 0 Å². The highest BCUT2D eigenvalue weighted by molar-refractivity contribution is 9.10. The molecule has 4 heteroatoms. The van der Waals surface area contributed by atoms with E-state index < -0.39 is 0 Å². The molecular formula is C13H15BrN2S. The third-order valence-corrected chi connectivity index (χ3v) is 4.35. The third kappa shape index (κ3) is 2.82. The van der Waals surface area contributed by atoms with E-state index in [-0.39, 0.29) is 0 Å². The summed E-state index contributed by atoms with van der Waals surface area (Å²) in [5, 5.41) is 7.78. The first-order chi connectivity index (χ1) is 8.08. The van der Waals surface area contributed by atoms with Gasteiger partial charge in [-0.2, -0.15) is 11.3 Å². The number of hydrogen-bond acceptors (Lipinski definition) is 3. The average Bonchev–Trinajstić information content (AvgIpc) is 2.68. The zero-order valence-corrected chi connectivity index (χ0v) is 12.3. The first-order valence-corrected chi connectivity index (χ1v) is 7.12. The highest BCUT2D eigenvalue weighted by Gasteiger charge is 2.04. The highest BCUT2D eigenvalue weighted by atomic mass is 79.9. The van der Waals surface area contributed by atoms with Crippen LogP contribution in [0, 0.1) is 13.8 Å². The smallest absolute Gasteiger partial charge is 0.0491 e. The quantitative estimate of drug-likeness (QED) is 0.828. The molecule has 17 heavy (non-hydrogen) atoms. The molecule has 0 saturated carbocycles. The minimum Gasteiger partial charge on any atom is -0.398 e. The Kier molecular flexibility index (Phi) is 3.74. The van der Waals surface area contributed by atoms with Crippen LogP contribution in [0.15, 0.2) is 27.4 Å². The van der Waals surface area contributed by atoms with Crippen molar-refractivity contribution in [2.75, 3.05) is 11.1 Å². The summed E-state index contributed by atoms with van der Waals surface area (Å²) in [6.45, 7) is 5.00. The van der Waals surface area contributed by atoms with Crippen LogP contribution in [0.2, 0.25) is 0 Å². The van der Waals surface area contributed by atoms with Crippen molar-refractivity contribution in [3.8, 4) is 0 Å². The molecule has 3 N–H and O–H groups in total. The van der Waals surface area contributed by atoms with E-state index in [1.165, 1.54) is 11.1 Å². The van der Waals surface area contributed by atoms with Crippen molar-refractivity contribution >= 4 is 38.6 Å². The Labute approximate surface area is 114 Å². The van der Waals surface area contributed by atoms with Gasteiger partial charge in [0.25, 0.3) is 0 Å². The van der Waals surface area contributed by atoms with E-state index in [0.717, 1.165) is 28.0 Å². The van der Waals surface area contributed by atoms with E-state index in [1.54, 1.807) is 11.3 Å². The summed E-state index contributed by atoms with van der Waals surface area (Å²) in [7, 11) is 0. The van der Waals surface area contributed by atoms with Crippen LogP contribution in [0.25, 0.3) is 0 Å². The summed E-state index contributed by atoms with van der Waals surface area (Å²) in [6, 6.07) is 4.01. The molecule has 0 atom stereocenters. The van der Waals surface area contributed by atoms with Gasteiger partial charge in [-0.3, -0.25) is 0 Å². The molecule has 0 amide bonds. The molecule has 0 aliphatic rings. The van der Waals surface area contributed by atoms with E-state index >= 15 is 0 Å². The SMILES string of the molecule is Cc1cc(NCc2cscc2C)c(Br)cc1N. The second-order valence-electron chi connectivity index (χ2n) is 4.12. The number of hydrogen-bond donors (Lipinski definition) is 2. The number of thiophene rings is 1. The second-order valence-corrected chi connectivity index (χ2v) is 5.72. The monoisotopic (exact) mass is 310 g/mol. The summed E-state index contributed by atoms with van der Waals surface area (Å²) < 4.78 is 1.01. The maximum Gasteiger partial charge on any atom is 0.0491 e. The number of benzene rings is 1. The van der Waals surface area contributed by atoms with Crippen LogP contribution in [-0.4, -0.2) is 0 Å². The summed E-state index contributed by atoms with van der Waals surface area (Å²) in [4.78, 5) is 0. The number of nitrogen functional groups attached to an aromatic ring is 1. The van der Waals surface area contributed by atoms with Gasteiger partial charge in [0, 0.05) is 22.4 Å². The van der Waals surface area contributed by atoms with Crippen molar-refractivity contribution in [3.05, 3.63) is 44.1 Å². The third-order valence-electron chi connectivity index (χ3n) is 2.79. The van der Waals surface area contributed by atoms with E-state index in [1.807, 2.05) is 13.0 Å². The molecule has 0 aliphatic carbocycles. The number of aryl methyl sites for hydroxylation is 2. The van der Waals surface area contributed by atoms with Crippen LogP contribution in [0.4, 0.5) is 11.4 Å². The lowest BCUT2D eigenvalue weighted by Gasteiger charge is -2.11. The van der Waals surface area contributed by atoms with Crippen LogP contribution in [0.3, 0.4) is 0 Å². The number of nitrogens with one attached hydrogen (secondary N) is 1. The molecule has 2 nitrogen and oxygen atoms in total. The van der Waals surface area contributed by atoms with Gasteiger partial charge in [0.05, 0.1) is 0 Å². The van der Waals surface area contributed by atoms with Crippen molar-refractivity contribution in [1.29, 1.82) is 0 Å². The van der Waals surface area contributed by atoms with Crippen LogP contribution < -0.4 is 11.1 Å². The topological polar surface area (TPSA) is 38.0 Å².